The zero-order chi connectivity index (χ0) is 23.0. The minimum Gasteiger partial charge on any atom is -0.452 e. The van der Waals surface area contributed by atoms with Crippen LogP contribution in [0.5, 0.6) is 0 Å². The molecule has 4 rings (SSSR count). The number of carbonyl (C=O) groups is 4. The van der Waals surface area contributed by atoms with Gasteiger partial charge in [0.2, 0.25) is 5.13 Å². The van der Waals surface area contributed by atoms with Gasteiger partial charge in [-0.15, -0.1) is 10.2 Å². The monoisotopic (exact) mass is 470 g/mol. The summed E-state index contributed by atoms with van der Waals surface area (Å²) in [6, 6.07) is 9.01. The van der Waals surface area contributed by atoms with Gasteiger partial charge in [-0.05, 0) is 49.7 Å². The van der Waals surface area contributed by atoms with Crippen molar-refractivity contribution in [1.29, 1.82) is 0 Å². The van der Waals surface area contributed by atoms with Crippen molar-refractivity contribution < 1.29 is 23.9 Å². The first-order chi connectivity index (χ1) is 15.2. The molecule has 1 aromatic heterocycles. The van der Waals surface area contributed by atoms with Gasteiger partial charge in [0.15, 0.2) is 6.61 Å². The molecule has 0 radical (unpaired) electrons. The average Bonchev–Trinajstić information content (AvgIpc) is 3.29. The summed E-state index contributed by atoms with van der Waals surface area (Å²) in [6.45, 7) is 3.00. The number of hydrogen-bond acceptors (Lipinski definition) is 8. The number of esters is 1. The average molecular weight is 471 g/mol. The third-order valence-corrected chi connectivity index (χ3v) is 5.85. The Hall–Kier alpha value is -3.63. The number of anilines is 2. The Morgan fingerprint density at radius 2 is 1.81 bits per heavy atom. The lowest BCUT2D eigenvalue weighted by Crippen LogP contribution is -2.29. The molecule has 0 saturated heterocycles. The number of ether oxygens (including phenoxy) is 1. The first-order valence-electron chi connectivity index (χ1n) is 9.30. The summed E-state index contributed by atoms with van der Waals surface area (Å²) in [4.78, 5) is 50.7. The van der Waals surface area contributed by atoms with E-state index in [1.807, 2.05) is 6.92 Å². The van der Waals surface area contributed by atoms with Crippen LogP contribution in [0.4, 0.5) is 10.8 Å². The van der Waals surface area contributed by atoms with E-state index in [2.05, 4.69) is 15.5 Å². The number of hydrogen-bond donors (Lipinski definition) is 1. The summed E-state index contributed by atoms with van der Waals surface area (Å²) >= 11 is 7.13. The number of nitrogens with one attached hydrogen (secondary N) is 1. The van der Waals surface area contributed by atoms with E-state index in [1.54, 1.807) is 25.1 Å². The predicted molar refractivity (Wildman–Crippen MR) is 117 cm³/mol. The van der Waals surface area contributed by atoms with Gasteiger partial charge in [-0.25, -0.2) is 9.69 Å². The summed E-state index contributed by atoms with van der Waals surface area (Å²) in [5, 5.41) is 11.5. The molecule has 0 fully saturated rings. The van der Waals surface area contributed by atoms with Crippen molar-refractivity contribution in [2.45, 2.75) is 13.8 Å². The van der Waals surface area contributed by atoms with Gasteiger partial charge in [-0.3, -0.25) is 14.4 Å². The van der Waals surface area contributed by atoms with Crippen molar-refractivity contribution in [2.24, 2.45) is 0 Å². The van der Waals surface area contributed by atoms with Crippen molar-refractivity contribution in [2.75, 3.05) is 16.8 Å². The number of halogens is 1. The van der Waals surface area contributed by atoms with E-state index in [-0.39, 0.29) is 21.8 Å². The van der Waals surface area contributed by atoms with Crippen LogP contribution in [0, 0.1) is 13.8 Å². The number of fused-ring (bicyclic) bond motifs is 1. The SMILES string of the molecule is Cc1nnc(N2C(=O)c3ccc(C(=O)OCC(=O)Nc4ccc(C)c(Cl)c4)cc3C2=O)s1. The van der Waals surface area contributed by atoms with Crippen LogP contribution in [0.3, 0.4) is 0 Å². The van der Waals surface area contributed by atoms with E-state index in [0.29, 0.717) is 15.7 Å². The van der Waals surface area contributed by atoms with Crippen molar-refractivity contribution in [1.82, 2.24) is 10.2 Å². The number of rotatable bonds is 5. The second-order valence-corrected chi connectivity index (χ2v) is 8.47. The molecule has 0 bridgehead atoms. The van der Waals surface area contributed by atoms with E-state index in [9.17, 15) is 19.2 Å². The van der Waals surface area contributed by atoms with Gasteiger partial charge in [-0.1, -0.05) is 29.0 Å². The second-order valence-electron chi connectivity index (χ2n) is 6.90. The molecule has 162 valence electrons. The highest BCUT2D eigenvalue weighted by Crippen LogP contribution is 2.31. The van der Waals surface area contributed by atoms with Crippen LogP contribution in [-0.2, 0) is 9.53 Å². The lowest BCUT2D eigenvalue weighted by molar-refractivity contribution is -0.119. The molecular weight excluding hydrogens is 456 g/mol. The van der Waals surface area contributed by atoms with Gasteiger partial charge in [0, 0.05) is 10.7 Å². The van der Waals surface area contributed by atoms with E-state index in [0.717, 1.165) is 21.8 Å². The molecular formula is C21H15ClN4O5S. The highest BCUT2D eigenvalue weighted by atomic mass is 35.5. The fraction of sp³-hybridized carbons (Fsp3) is 0.143. The predicted octanol–water partition coefficient (Wildman–Crippen LogP) is 3.40. The van der Waals surface area contributed by atoms with Crippen LogP contribution < -0.4 is 10.2 Å². The molecule has 11 heteroatoms. The maximum atomic E-state index is 12.7. The Kier molecular flexibility index (Phi) is 5.72. The standard InChI is InChI=1S/C21H15ClN4O5S/c1-10-3-5-13(8-16(10)22)23-17(27)9-31-20(30)12-4-6-14-15(7-12)19(29)26(18(14)28)21-25-24-11(2)32-21/h3-8H,9H2,1-2H3,(H,23,27). The van der Waals surface area contributed by atoms with Crippen molar-refractivity contribution in [3.8, 4) is 0 Å². The van der Waals surface area contributed by atoms with Crippen LogP contribution in [0.1, 0.15) is 41.6 Å². The quantitative estimate of drug-likeness (QED) is 0.448. The molecule has 3 amide bonds. The minimum atomic E-state index is -0.810. The Morgan fingerprint density at radius 1 is 1.06 bits per heavy atom. The first-order valence-corrected chi connectivity index (χ1v) is 10.5. The summed E-state index contributed by atoms with van der Waals surface area (Å²) in [7, 11) is 0. The molecule has 32 heavy (non-hydrogen) atoms. The van der Waals surface area contributed by atoms with E-state index in [4.69, 9.17) is 16.3 Å². The fourth-order valence-electron chi connectivity index (χ4n) is 3.00. The number of carbonyl (C=O) groups excluding carboxylic acids is 4. The van der Waals surface area contributed by atoms with Crippen LogP contribution in [0.2, 0.25) is 5.02 Å². The number of aryl methyl sites for hydroxylation is 2. The number of amides is 3. The molecule has 3 aromatic rings. The Labute approximate surface area is 191 Å². The van der Waals surface area contributed by atoms with Crippen LogP contribution in [0.25, 0.3) is 0 Å². The maximum absolute atomic E-state index is 12.7. The van der Waals surface area contributed by atoms with Crippen molar-refractivity contribution in [3.63, 3.8) is 0 Å². The van der Waals surface area contributed by atoms with Gasteiger partial charge in [-0.2, -0.15) is 0 Å². The topological polar surface area (TPSA) is 119 Å². The normalized spacial score (nSPS) is 12.7. The van der Waals surface area contributed by atoms with Gasteiger partial charge in [0.1, 0.15) is 5.01 Å². The van der Waals surface area contributed by atoms with Crippen LogP contribution in [-0.4, -0.2) is 40.5 Å². The highest BCUT2D eigenvalue weighted by Gasteiger charge is 2.39. The lowest BCUT2D eigenvalue weighted by Gasteiger charge is -2.08. The fourth-order valence-corrected chi connectivity index (χ4v) is 3.87. The Morgan fingerprint density at radius 3 is 2.50 bits per heavy atom. The number of nitrogens with zero attached hydrogens (tertiary/aromatic N) is 3. The molecule has 0 aliphatic carbocycles. The Bertz CT molecular complexity index is 1290. The first kappa shape index (κ1) is 21.6. The molecule has 1 aliphatic heterocycles. The van der Waals surface area contributed by atoms with Gasteiger partial charge in [0.05, 0.1) is 16.7 Å². The second kappa shape index (κ2) is 8.48. The van der Waals surface area contributed by atoms with E-state index >= 15 is 0 Å². The summed E-state index contributed by atoms with van der Waals surface area (Å²) < 4.78 is 5.04. The van der Waals surface area contributed by atoms with E-state index < -0.39 is 30.3 Å². The highest BCUT2D eigenvalue weighted by molar-refractivity contribution is 7.15. The summed E-state index contributed by atoms with van der Waals surface area (Å²) in [5.41, 5.74) is 1.56. The Balaban J connectivity index is 1.43. The van der Waals surface area contributed by atoms with Crippen molar-refractivity contribution in [3.05, 3.63) is 68.7 Å². The summed E-state index contributed by atoms with van der Waals surface area (Å²) in [6.07, 6.45) is 0. The van der Waals surface area contributed by atoms with Crippen molar-refractivity contribution >= 4 is 57.4 Å². The maximum Gasteiger partial charge on any atom is 0.338 e. The number of imide groups is 1. The zero-order valence-corrected chi connectivity index (χ0v) is 18.4. The molecule has 2 heterocycles. The smallest absolute Gasteiger partial charge is 0.338 e. The third kappa shape index (κ3) is 4.10. The third-order valence-electron chi connectivity index (χ3n) is 4.62. The lowest BCUT2D eigenvalue weighted by atomic mass is 10.1. The molecule has 0 atom stereocenters. The van der Waals surface area contributed by atoms with Crippen LogP contribution >= 0.6 is 22.9 Å². The number of benzene rings is 2. The van der Waals surface area contributed by atoms with Gasteiger partial charge >= 0.3 is 5.97 Å². The van der Waals surface area contributed by atoms with E-state index in [1.165, 1.54) is 18.2 Å². The largest absolute Gasteiger partial charge is 0.452 e. The molecule has 0 saturated carbocycles. The van der Waals surface area contributed by atoms with Gasteiger partial charge in [0.25, 0.3) is 17.7 Å². The van der Waals surface area contributed by atoms with Gasteiger partial charge < -0.3 is 10.1 Å². The van der Waals surface area contributed by atoms with Crippen LogP contribution in [0.15, 0.2) is 36.4 Å². The minimum absolute atomic E-state index is 0.0337. The zero-order valence-electron chi connectivity index (χ0n) is 16.8. The molecule has 2 aromatic carbocycles. The molecule has 1 N–H and O–H groups in total. The molecule has 0 spiro atoms. The summed E-state index contributed by atoms with van der Waals surface area (Å²) in [5.74, 6) is -2.51. The molecule has 1 aliphatic rings. The molecule has 0 unspecified atom stereocenters. The number of aromatic nitrogens is 2. The molecule has 9 nitrogen and oxygen atoms in total.